The Bertz CT molecular complexity index is 500. The summed E-state index contributed by atoms with van der Waals surface area (Å²) in [7, 11) is 0. The summed E-state index contributed by atoms with van der Waals surface area (Å²) >= 11 is 1.67. The van der Waals surface area contributed by atoms with Crippen LogP contribution in [0.2, 0.25) is 0 Å². The van der Waals surface area contributed by atoms with Crippen LogP contribution in [-0.4, -0.2) is 10.1 Å². The smallest absolute Gasteiger partial charge is 0.135 e. The van der Waals surface area contributed by atoms with Gasteiger partial charge in [-0.1, -0.05) is 25.3 Å². The molecule has 2 aromatic rings. The number of rotatable bonds is 1. The van der Waals surface area contributed by atoms with Crippen LogP contribution in [0.15, 0.2) is 18.2 Å². The normalized spacial score (nSPS) is 18.0. The largest absolute Gasteiger partial charge is 0.506 e. The maximum absolute atomic E-state index is 9.75. The van der Waals surface area contributed by atoms with Crippen LogP contribution in [0.4, 0.5) is 0 Å². The summed E-state index contributed by atoms with van der Waals surface area (Å²) in [5, 5.41) is 11.0. The highest BCUT2D eigenvalue weighted by molar-refractivity contribution is 7.19. The highest BCUT2D eigenvalue weighted by atomic mass is 32.1. The Hall–Kier alpha value is -1.09. The lowest BCUT2D eigenvalue weighted by Crippen LogP contribution is -2.03. The summed E-state index contributed by atoms with van der Waals surface area (Å²) in [6.07, 6.45) is 6.55. The van der Waals surface area contributed by atoms with E-state index < -0.39 is 0 Å². The monoisotopic (exact) mass is 233 g/mol. The second-order valence-electron chi connectivity index (χ2n) is 4.51. The summed E-state index contributed by atoms with van der Waals surface area (Å²) in [6.45, 7) is 0. The standard InChI is InChI=1S/C13H15NOS/c15-11-8-4-7-10-12(11)16-13(14-10)9-5-2-1-3-6-9/h4,7-9,15H,1-3,5-6H2. The Morgan fingerprint density at radius 1 is 1.19 bits per heavy atom. The predicted molar refractivity (Wildman–Crippen MR) is 67.1 cm³/mol. The molecule has 0 saturated heterocycles. The zero-order valence-corrected chi connectivity index (χ0v) is 9.96. The molecule has 2 nitrogen and oxygen atoms in total. The first kappa shape index (κ1) is 10.1. The Morgan fingerprint density at radius 2 is 2.00 bits per heavy atom. The van der Waals surface area contributed by atoms with Gasteiger partial charge in [0.2, 0.25) is 0 Å². The van der Waals surface area contributed by atoms with Gasteiger partial charge in [-0.05, 0) is 25.0 Å². The van der Waals surface area contributed by atoms with Crippen LogP contribution in [0.3, 0.4) is 0 Å². The highest BCUT2D eigenvalue weighted by Crippen LogP contribution is 2.39. The Kier molecular flexibility index (Phi) is 2.56. The van der Waals surface area contributed by atoms with Crippen LogP contribution in [0.25, 0.3) is 10.2 Å². The van der Waals surface area contributed by atoms with Crippen LogP contribution in [0.1, 0.15) is 43.0 Å². The number of hydrogen-bond donors (Lipinski definition) is 1. The van der Waals surface area contributed by atoms with Crippen molar-refractivity contribution >= 4 is 21.6 Å². The molecular formula is C13H15NOS. The van der Waals surface area contributed by atoms with E-state index in [9.17, 15) is 5.11 Å². The Labute approximate surface area is 99.0 Å². The fourth-order valence-corrected chi connectivity index (χ4v) is 3.62. The number of thiazole rings is 1. The Morgan fingerprint density at radius 3 is 2.75 bits per heavy atom. The van der Waals surface area contributed by atoms with Gasteiger partial charge in [0.05, 0.1) is 15.2 Å². The van der Waals surface area contributed by atoms with Crippen molar-refractivity contribution in [3.63, 3.8) is 0 Å². The molecule has 0 amide bonds. The first-order valence-electron chi connectivity index (χ1n) is 5.93. The van der Waals surface area contributed by atoms with Crippen molar-refractivity contribution in [2.45, 2.75) is 38.0 Å². The fraction of sp³-hybridized carbons (Fsp3) is 0.462. The summed E-state index contributed by atoms with van der Waals surface area (Å²) < 4.78 is 0.947. The van der Waals surface area contributed by atoms with Gasteiger partial charge in [-0.25, -0.2) is 4.98 Å². The first-order valence-corrected chi connectivity index (χ1v) is 6.74. The second kappa shape index (κ2) is 4.06. The van der Waals surface area contributed by atoms with E-state index >= 15 is 0 Å². The molecule has 3 heteroatoms. The quantitative estimate of drug-likeness (QED) is 0.806. The lowest BCUT2D eigenvalue weighted by molar-refractivity contribution is 0.443. The van der Waals surface area contributed by atoms with Crippen LogP contribution < -0.4 is 0 Å². The van der Waals surface area contributed by atoms with E-state index in [2.05, 4.69) is 4.98 Å². The molecule has 0 radical (unpaired) electrons. The lowest BCUT2D eigenvalue weighted by Gasteiger charge is -2.18. The molecule has 0 atom stereocenters. The van der Waals surface area contributed by atoms with E-state index in [0.717, 1.165) is 10.2 Å². The number of fused-ring (bicyclic) bond motifs is 1. The fourth-order valence-electron chi connectivity index (χ4n) is 2.48. The molecule has 3 rings (SSSR count). The van der Waals surface area contributed by atoms with Crippen molar-refractivity contribution < 1.29 is 5.11 Å². The topological polar surface area (TPSA) is 33.1 Å². The van der Waals surface area contributed by atoms with E-state index in [1.165, 1.54) is 37.1 Å². The molecule has 0 unspecified atom stereocenters. The zero-order valence-electron chi connectivity index (χ0n) is 9.15. The van der Waals surface area contributed by atoms with Crippen molar-refractivity contribution in [2.24, 2.45) is 0 Å². The average Bonchev–Trinajstić information content (AvgIpc) is 2.76. The van der Waals surface area contributed by atoms with E-state index in [0.29, 0.717) is 11.7 Å². The molecule has 1 aliphatic carbocycles. The minimum atomic E-state index is 0.372. The number of phenols is 1. The van der Waals surface area contributed by atoms with E-state index in [1.54, 1.807) is 17.4 Å². The molecule has 0 aliphatic heterocycles. The molecule has 0 spiro atoms. The minimum Gasteiger partial charge on any atom is -0.506 e. The molecule has 1 N–H and O–H groups in total. The molecule has 1 saturated carbocycles. The van der Waals surface area contributed by atoms with E-state index in [-0.39, 0.29) is 0 Å². The van der Waals surface area contributed by atoms with E-state index in [1.807, 2.05) is 12.1 Å². The van der Waals surface area contributed by atoms with Crippen LogP contribution in [0, 0.1) is 0 Å². The van der Waals surface area contributed by atoms with E-state index in [4.69, 9.17) is 0 Å². The van der Waals surface area contributed by atoms with Gasteiger partial charge in [0.1, 0.15) is 5.75 Å². The molecular weight excluding hydrogens is 218 g/mol. The minimum absolute atomic E-state index is 0.372. The molecule has 84 valence electrons. The molecule has 0 bridgehead atoms. The van der Waals surface area contributed by atoms with Gasteiger partial charge in [0.15, 0.2) is 0 Å². The van der Waals surface area contributed by atoms with Crippen LogP contribution in [0.5, 0.6) is 5.75 Å². The van der Waals surface area contributed by atoms with Crippen LogP contribution >= 0.6 is 11.3 Å². The molecule has 1 aromatic heterocycles. The number of hydrogen-bond acceptors (Lipinski definition) is 3. The van der Waals surface area contributed by atoms with Crippen molar-refractivity contribution in [2.75, 3.05) is 0 Å². The third-order valence-corrected chi connectivity index (χ3v) is 4.62. The molecule has 16 heavy (non-hydrogen) atoms. The van der Waals surface area contributed by atoms with Crippen molar-refractivity contribution in [1.82, 2.24) is 4.98 Å². The van der Waals surface area contributed by atoms with Crippen LogP contribution in [-0.2, 0) is 0 Å². The van der Waals surface area contributed by atoms with Gasteiger partial charge in [-0.2, -0.15) is 0 Å². The van der Waals surface area contributed by atoms with Gasteiger partial charge in [0, 0.05) is 5.92 Å². The third-order valence-electron chi connectivity index (χ3n) is 3.37. The van der Waals surface area contributed by atoms with Gasteiger partial charge in [-0.3, -0.25) is 0 Å². The summed E-state index contributed by atoms with van der Waals surface area (Å²) in [5.41, 5.74) is 0.950. The number of phenolic OH excluding ortho intramolecular Hbond substituents is 1. The number of aromatic nitrogens is 1. The average molecular weight is 233 g/mol. The summed E-state index contributed by atoms with van der Waals surface area (Å²) in [5.74, 6) is 1.00. The number of nitrogens with zero attached hydrogens (tertiary/aromatic N) is 1. The Balaban J connectivity index is 2.01. The first-order chi connectivity index (χ1) is 7.84. The number of benzene rings is 1. The molecule has 1 aliphatic rings. The number of aromatic hydroxyl groups is 1. The predicted octanol–water partition coefficient (Wildman–Crippen LogP) is 4.05. The molecule has 1 fully saturated rings. The van der Waals surface area contributed by atoms with Crippen molar-refractivity contribution in [3.05, 3.63) is 23.2 Å². The third kappa shape index (κ3) is 1.69. The van der Waals surface area contributed by atoms with Gasteiger partial charge in [-0.15, -0.1) is 11.3 Å². The maximum Gasteiger partial charge on any atom is 0.135 e. The second-order valence-corrected chi connectivity index (χ2v) is 5.54. The van der Waals surface area contributed by atoms with Gasteiger partial charge < -0.3 is 5.11 Å². The maximum atomic E-state index is 9.75. The van der Waals surface area contributed by atoms with Crippen molar-refractivity contribution in [3.8, 4) is 5.75 Å². The highest BCUT2D eigenvalue weighted by Gasteiger charge is 2.19. The zero-order chi connectivity index (χ0) is 11.0. The summed E-state index contributed by atoms with van der Waals surface area (Å²) in [6, 6.07) is 5.59. The molecule has 1 heterocycles. The lowest BCUT2D eigenvalue weighted by atomic mass is 9.90. The van der Waals surface area contributed by atoms with Crippen molar-refractivity contribution in [1.29, 1.82) is 0 Å². The van der Waals surface area contributed by atoms with Gasteiger partial charge >= 0.3 is 0 Å². The molecule has 1 aromatic carbocycles. The van der Waals surface area contributed by atoms with Gasteiger partial charge in [0.25, 0.3) is 0 Å². The SMILES string of the molecule is Oc1cccc2nc(C3CCCCC3)sc12. The summed E-state index contributed by atoms with van der Waals surface area (Å²) in [4.78, 5) is 4.66.